The molecule has 0 N–H and O–H groups in total. The fraction of sp³-hybridized carbons (Fsp3) is 1.00. The average Bonchev–Trinajstić information content (AvgIpc) is 2.02. The van der Waals surface area contributed by atoms with E-state index in [1.807, 2.05) is 0 Å². The Morgan fingerprint density at radius 1 is 0.917 bits per heavy atom. The summed E-state index contributed by atoms with van der Waals surface area (Å²) in [6.45, 7) is 1.07. The van der Waals surface area contributed by atoms with Crippen LogP contribution in [-0.2, 0) is 0 Å². The molecule has 0 saturated heterocycles. The minimum atomic E-state index is -3.08. The van der Waals surface area contributed by atoms with Crippen molar-refractivity contribution >= 4 is 0 Å². The molecule has 3 aliphatic rings. The van der Waals surface area contributed by atoms with Crippen molar-refractivity contribution in [3.05, 3.63) is 0 Å². The SMILES string of the molecule is CC1(F)C2CCC(CC2)C1(F)F. The van der Waals surface area contributed by atoms with Crippen LogP contribution >= 0.6 is 0 Å². The second kappa shape index (κ2) is 2.18. The quantitative estimate of drug-likeness (QED) is 0.534. The van der Waals surface area contributed by atoms with E-state index in [0.29, 0.717) is 25.7 Å². The van der Waals surface area contributed by atoms with Crippen LogP contribution in [0, 0.1) is 11.8 Å². The molecule has 0 aromatic rings. The first kappa shape index (κ1) is 8.39. The van der Waals surface area contributed by atoms with Gasteiger partial charge in [-0.3, -0.25) is 0 Å². The van der Waals surface area contributed by atoms with Gasteiger partial charge in [0.05, 0.1) is 0 Å². The molecule has 12 heavy (non-hydrogen) atoms. The monoisotopic (exact) mass is 178 g/mol. The maximum atomic E-state index is 13.6. The minimum absolute atomic E-state index is 0.405. The number of rotatable bonds is 0. The molecule has 1 unspecified atom stereocenters. The molecule has 0 aromatic heterocycles. The summed E-state index contributed by atoms with van der Waals surface area (Å²) < 4.78 is 40.2. The predicted molar refractivity (Wildman–Crippen MR) is 39.9 cm³/mol. The zero-order valence-electron chi connectivity index (χ0n) is 7.12. The van der Waals surface area contributed by atoms with E-state index in [9.17, 15) is 13.2 Å². The van der Waals surface area contributed by atoms with Crippen LogP contribution in [0.4, 0.5) is 13.2 Å². The Kier molecular flexibility index (Phi) is 1.52. The molecule has 0 nitrogen and oxygen atoms in total. The van der Waals surface area contributed by atoms with E-state index < -0.39 is 23.4 Å². The molecule has 0 spiro atoms. The predicted octanol–water partition coefficient (Wildman–Crippen LogP) is 3.17. The molecule has 3 heteroatoms. The highest BCUT2D eigenvalue weighted by molar-refractivity contribution is 5.06. The van der Waals surface area contributed by atoms with Gasteiger partial charge in [0.15, 0.2) is 5.67 Å². The van der Waals surface area contributed by atoms with Crippen molar-refractivity contribution in [2.45, 2.75) is 44.2 Å². The Bertz CT molecular complexity index is 168. The number of halogens is 3. The maximum absolute atomic E-state index is 13.6. The van der Waals surface area contributed by atoms with Gasteiger partial charge < -0.3 is 0 Å². The number of hydrogen-bond donors (Lipinski definition) is 0. The third-order valence-corrected chi connectivity index (χ3v) is 3.66. The van der Waals surface area contributed by atoms with Crippen LogP contribution in [0.25, 0.3) is 0 Å². The summed E-state index contributed by atoms with van der Waals surface area (Å²) in [7, 11) is 0. The lowest BCUT2D eigenvalue weighted by Crippen LogP contribution is -2.58. The van der Waals surface area contributed by atoms with Gasteiger partial charge in [0, 0.05) is 5.92 Å². The minimum Gasteiger partial charge on any atom is -0.237 e. The lowest BCUT2D eigenvalue weighted by molar-refractivity contribution is -0.237. The fourth-order valence-corrected chi connectivity index (χ4v) is 2.67. The standard InChI is InChI=1S/C9H13F3/c1-8(10)6-2-4-7(5-3-6)9(8,11)12/h6-7H,2-5H2,1H3. The molecular weight excluding hydrogens is 165 g/mol. The first-order chi connectivity index (χ1) is 5.46. The number of alkyl halides is 3. The second-order valence-corrected chi connectivity index (χ2v) is 4.25. The fourth-order valence-electron chi connectivity index (χ4n) is 2.67. The summed E-state index contributed by atoms with van der Waals surface area (Å²) in [5, 5.41) is 0. The molecular formula is C9H13F3. The van der Waals surface area contributed by atoms with Gasteiger partial charge in [-0.15, -0.1) is 0 Å². The summed E-state index contributed by atoms with van der Waals surface area (Å²) >= 11 is 0. The normalized spacial score (nSPS) is 51.0. The van der Waals surface area contributed by atoms with Crippen LogP contribution in [-0.4, -0.2) is 11.6 Å². The van der Waals surface area contributed by atoms with Crippen molar-refractivity contribution in [3.8, 4) is 0 Å². The van der Waals surface area contributed by atoms with E-state index in [-0.39, 0.29) is 0 Å². The smallest absolute Gasteiger partial charge is 0.237 e. The largest absolute Gasteiger partial charge is 0.284 e. The molecule has 0 aliphatic heterocycles. The summed E-state index contributed by atoms with van der Waals surface area (Å²) in [5.41, 5.74) is -2.24. The summed E-state index contributed by atoms with van der Waals surface area (Å²) in [5.74, 6) is -4.18. The van der Waals surface area contributed by atoms with Gasteiger partial charge in [-0.05, 0) is 38.5 Å². The van der Waals surface area contributed by atoms with E-state index in [4.69, 9.17) is 0 Å². The van der Waals surface area contributed by atoms with Crippen LogP contribution in [0.2, 0.25) is 0 Å². The van der Waals surface area contributed by atoms with Gasteiger partial charge in [-0.2, -0.15) is 0 Å². The van der Waals surface area contributed by atoms with Crippen molar-refractivity contribution in [3.63, 3.8) is 0 Å². The van der Waals surface area contributed by atoms with Crippen LogP contribution in [0.3, 0.4) is 0 Å². The molecule has 0 amide bonds. The van der Waals surface area contributed by atoms with E-state index in [0.717, 1.165) is 6.92 Å². The van der Waals surface area contributed by atoms with Crippen molar-refractivity contribution in [1.29, 1.82) is 0 Å². The Morgan fingerprint density at radius 3 is 1.58 bits per heavy atom. The third kappa shape index (κ3) is 0.798. The molecule has 70 valence electrons. The Balaban J connectivity index is 2.35. The molecule has 0 radical (unpaired) electrons. The number of hydrogen-bond acceptors (Lipinski definition) is 0. The maximum Gasteiger partial charge on any atom is 0.284 e. The molecule has 2 bridgehead atoms. The van der Waals surface area contributed by atoms with Crippen molar-refractivity contribution in [1.82, 2.24) is 0 Å². The van der Waals surface area contributed by atoms with Crippen molar-refractivity contribution in [2.24, 2.45) is 11.8 Å². The van der Waals surface area contributed by atoms with Crippen LogP contribution < -0.4 is 0 Å². The zero-order valence-corrected chi connectivity index (χ0v) is 7.12. The van der Waals surface area contributed by atoms with Gasteiger partial charge in [0.1, 0.15) is 0 Å². The second-order valence-electron chi connectivity index (χ2n) is 4.25. The highest BCUT2D eigenvalue weighted by Gasteiger charge is 2.65. The van der Waals surface area contributed by atoms with Gasteiger partial charge in [-0.1, -0.05) is 0 Å². The molecule has 3 fully saturated rings. The topological polar surface area (TPSA) is 0 Å². The highest BCUT2D eigenvalue weighted by atomic mass is 19.3. The summed E-state index contributed by atoms with van der Waals surface area (Å²) in [6.07, 6.45) is 2.31. The first-order valence-electron chi connectivity index (χ1n) is 4.53. The van der Waals surface area contributed by atoms with Gasteiger partial charge in [-0.25, -0.2) is 13.2 Å². The van der Waals surface area contributed by atoms with E-state index >= 15 is 0 Å². The summed E-state index contributed by atoms with van der Waals surface area (Å²) in [6, 6.07) is 0. The third-order valence-electron chi connectivity index (χ3n) is 3.66. The molecule has 3 rings (SSSR count). The Morgan fingerprint density at radius 2 is 1.33 bits per heavy atom. The van der Waals surface area contributed by atoms with Gasteiger partial charge >= 0.3 is 0 Å². The number of fused-ring (bicyclic) bond motifs is 3. The van der Waals surface area contributed by atoms with E-state index in [1.54, 1.807) is 0 Å². The van der Waals surface area contributed by atoms with Gasteiger partial charge in [0.2, 0.25) is 0 Å². The highest BCUT2D eigenvalue weighted by Crippen LogP contribution is 2.57. The van der Waals surface area contributed by atoms with Crippen molar-refractivity contribution in [2.75, 3.05) is 0 Å². The van der Waals surface area contributed by atoms with Crippen molar-refractivity contribution < 1.29 is 13.2 Å². The zero-order chi connectivity index (χ0) is 8.98. The Labute approximate surface area is 70.1 Å². The lowest BCUT2D eigenvalue weighted by atomic mass is 9.61. The van der Waals surface area contributed by atoms with Crippen LogP contribution in [0.5, 0.6) is 0 Å². The lowest BCUT2D eigenvalue weighted by Gasteiger charge is -2.50. The first-order valence-corrected chi connectivity index (χ1v) is 4.53. The van der Waals surface area contributed by atoms with Crippen LogP contribution in [0.15, 0.2) is 0 Å². The van der Waals surface area contributed by atoms with Crippen LogP contribution in [0.1, 0.15) is 32.6 Å². The molecule has 3 saturated carbocycles. The Hall–Kier alpha value is -0.210. The molecule has 0 aromatic carbocycles. The molecule has 1 atom stereocenters. The molecule has 3 aliphatic carbocycles. The summed E-state index contributed by atoms with van der Waals surface area (Å²) in [4.78, 5) is 0. The van der Waals surface area contributed by atoms with E-state index in [1.165, 1.54) is 0 Å². The average molecular weight is 178 g/mol. The van der Waals surface area contributed by atoms with E-state index in [2.05, 4.69) is 0 Å². The van der Waals surface area contributed by atoms with Gasteiger partial charge in [0.25, 0.3) is 5.92 Å². The molecule has 0 heterocycles.